The molecule has 0 aromatic carbocycles. The molecule has 0 amide bonds. The largest absolute Gasteiger partial charge is 0.376 e. The maximum atomic E-state index is 5.42. The topological polar surface area (TPSA) is 27.1 Å². The van der Waals surface area contributed by atoms with E-state index in [0.717, 1.165) is 17.6 Å². The van der Waals surface area contributed by atoms with Crippen LogP contribution >= 0.6 is 15.9 Å². The number of aromatic nitrogens is 2. The number of fused-ring (bicyclic) bond motifs is 1. The summed E-state index contributed by atoms with van der Waals surface area (Å²) in [5, 5.41) is 4.61. The lowest BCUT2D eigenvalue weighted by Crippen LogP contribution is -2.23. The third-order valence-corrected chi connectivity index (χ3v) is 3.18. The van der Waals surface area contributed by atoms with Gasteiger partial charge in [0, 0.05) is 12.0 Å². The smallest absolute Gasteiger partial charge is 0.110 e. The molecule has 0 fully saturated rings. The van der Waals surface area contributed by atoms with Crippen molar-refractivity contribution >= 4 is 15.9 Å². The molecule has 1 aliphatic heterocycles. The minimum absolute atomic E-state index is 0.0240. The van der Waals surface area contributed by atoms with E-state index in [0.29, 0.717) is 6.61 Å². The standard InChI is InChI=1S/C10H15BrN2O/c1-10(2,3)13-9(11)7-6-14-5-4-8(7)12-13/h4-6H2,1-3H3. The SMILES string of the molecule is CC(C)(C)n1nc2c(c1Br)COCC2. The Labute approximate surface area is 92.6 Å². The van der Waals surface area contributed by atoms with Crippen LogP contribution in [0.5, 0.6) is 0 Å². The van der Waals surface area contributed by atoms with Gasteiger partial charge in [-0.05, 0) is 36.7 Å². The molecule has 0 atom stereocenters. The van der Waals surface area contributed by atoms with Gasteiger partial charge in [-0.25, -0.2) is 0 Å². The van der Waals surface area contributed by atoms with E-state index in [4.69, 9.17) is 4.74 Å². The van der Waals surface area contributed by atoms with Crippen molar-refractivity contribution in [3.8, 4) is 0 Å². The van der Waals surface area contributed by atoms with Crippen molar-refractivity contribution in [1.29, 1.82) is 0 Å². The maximum Gasteiger partial charge on any atom is 0.110 e. The predicted molar refractivity (Wildman–Crippen MR) is 58.3 cm³/mol. The Morgan fingerprint density at radius 3 is 2.71 bits per heavy atom. The minimum Gasteiger partial charge on any atom is -0.376 e. The van der Waals surface area contributed by atoms with Crippen LogP contribution in [-0.2, 0) is 23.3 Å². The van der Waals surface area contributed by atoms with E-state index in [-0.39, 0.29) is 5.54 Å². The van der Waals surface area contributed by atoms with E-state index in [2.05, 4.69) is 41.8 Å². The van der Waals surface area contributed by atoms with Crippen LogP contribution in [0.2, 0.25) is 0 Å². The fraction of sp³-hybridized carbons (Fsp3) is 0.700. The second kappa shape index (κ2) is 3.35. The lowest BCUT2D eigenvalue weighted by Gasteiger charge is -2.20. The van der Waals surface area contributed by atoms with Gasteiger partial charge in [-0.3, -0.25) is 4.68 Å². The van der Waals surface area contributed by atoms with Gasteiger partial charge in [0.05, 0.1) is 24.4 Å². The van der Waals surface area contributed by atoms with Gasteiger partial charge < -0.3 is 4.74 Å². The fourth-order valence-corrected chi connectivity index (χ4v) is 2.56. The van der Waals surface area contributed by atoms with Crippen LogP contribution in [0.15, 0.2) is 4.60 Å². The first-order valence-electron chi connectivity index (χ1n) is 4.84. The first kappa shape index (κ1) is 10.2. The Kier molecular flexibility index (Phi) is 2.43. The molecule has 2 rings (SSSR count). The first-order valence-corrected chi connectivity index (χ1v) is 5.64. The monoisotopic (exact) mass is 258 g/mol. The van der Waals surface area contributed by atoms with E-state index in [1.54, 1.807) is 0 Å². The molecule has 0 saturated carbocycles. The summed E-state index contributed by atoms with van der Waals surface area (Å²) in [4.78, 5) is 0. The number of nitrogens with zero attached hydrogens (tertiary/aromatic N) is 2. The Morgan fingerprint density at radius 2 is 2.14 bits per heavy atom. The van der Waals surface area contributed by atoms with Gasteiger partial charge in [0.1, 0.15) is 4.60 Å². The van der Waals surface area contributed by atoms with Crippen molar-refractivity contribution in [1.82, 2.24) is 9.78 Å². The summed E-state index contributed by atoms with van der Waals surface area (Å²) in [7, 11) is 0. The number of rotatable bonds is 0. The third-order valence-electron chi connectivity index (χ3n) is 2.37. The molecular formula is C10H15BrN2O. The van der Waals surface area contributed by atoms with Crippen LogP contribution in [0.1, 0.15) is 32.0 Å². The van der Waals surface area contributed by atoms with E-state index < -0.39 is 0 Å². The molecule has 0 aliphatic carbocycles. The fourth-order valence-electron chi connectivity index (χ4n) is 1.60. The molecule has 0 radical (unpaired) electrons. The molecule has 1 aliphatic rings. The molecule has 3 nitrogen and oxygen atoms in total. The lowest BCUT2D eigenvalue weighted by molar-refractivity contribution is 0.110. The minimum atomic E-state index is 0.0240. The van der Waals surface area contributed by atoms with Crippen LogP contribution in [-0.4, -0.2) is 16.4 Å². The average Bonchev–Trinajstić information content (AvgIpc) is 2.44. The third kappa shape index (κ3) is 1.61. The van der Waals surface area contributed by atoms with Crippen LogP contribution < -0.4 is 0 Å². The Morgan fingerprint density at radius 1 is 1.43 bits per heavy atom. The second-order valence-electron chi connectivity index (χ2n) is 4.60. The summed E-state index contributed by atoms with van der Waals surface area (Å²) < 4.78 is 8.52. The van der Waals surface area contributed by atoms with Crippen LogP contribution in [0.3, 0.4) is 0 Å². The highest BCUT2D eigenvalue weighted by molar-refractivity contribution is 9.10. The predicted octanol–water partition coefficient (Wildman–Crippen LogP) is 2.47. The molecule has 78 valence electrons. The normalized spacial score (nSPS) is 16.9. The molecule has 0 spiro atoms. The molecule has 0 N–H and O–H groups in total. The molecule has 1 aromatic rings. The van der Waals surface area contributed by atoms with Crippen LogP contribution in [0.4, 0.5) is 0 Å². The average molecular weight is 259 g/mol. The molecule has 0 unspecified atom stereocenters. The van der Waals surface area contributed by atoms with Crippen LogP contribution in [0.25, 0.3) is 0 Å². The second-order valence-corrected chi connectivity index (χ2v) is 5.35. The molecule has 14 heavy (non-hydrogen) atoms. The van der Waals surface area contributed by atoms with Crippen molar-refractivity contribution in [3.05, 3.63) is 15.9 Å². The summed E-state index contributed by atoms with van der Waals surface area (Å²) in [5.74, 6) is 0. The zero-order chi connectivity index (χ0) is 10.3. The Hall–Kier alpha value is -0.350. The first-order chi connectivity index (χ1) is 6.50. The summed E-state index contributed by atoms with van der Waals surface area (Å²) in [5.41, 5.74) is 2.42. The number of ether oxygens (including phenoxy) is 1. The Balaban J connectivity index is 2.49. The zero-order valence-corrected chi connectivity index (χ0v) is 10.4. The van der Waals surface area contributed by atoms with Crippen molar-refractivity contribution in [2.45, 2.75) is 39.3 Å². The van der Waals surface area contributed by atoms with Gasteiger partial charge in [0.2, 0.25) is 0 Å². The maximum absolute atomic E-state index is 5.42. The summed E-state index contributed by atoms with van der Waals surface area (Å²) in [6.45, 7) is 7.93. The molecular weight excluding hydrogens is 244 g/mol. The van der Waals surface area contributed by atoms with Crippen molar-refractivity contribution < 1.29 is 4.74 Å². The number of hydrogen-bond acceptors (Lipinski definition) is 2. The van der Waals surface area contributed by atoms with E-state index >= 15 is 0 Å². The molecule has 0 saturated heterocycles. The quantitative estimate of drug-likeness (QED) is 0.715. The van der Waals surface area contributed by atoms with Gasteiger partial charge in [0.25, 0.3) is 0 Å². The van der Waals surface area contributed by atoms with Crippen LogP contribution in [0, 0.1) is 0 Å². The highest BCUT2D eigenvalue weighted by Crippen LogP contribution is 2.29. The van der Waals surface area contributed by atoms with Gasteiger partial charge in [0.15, 0.2) is 0 Å². The molecule has 1 aromatic heterocycles. The highest BCUT2D eigenvalue weighted by atomic mass is 79.9. The summed E-state index contributed by atoms with van der Waals surface area (Å²) in [6, 6.07) is 0. The van der Waals surface area contributed by atoms with Crippen molar-refractivity contribution in [3.63, 3.8) is 0 Å². The van der Waals surface area contributed by atoms with Crippen molar-refractivity contribution in [2.24, 2.45) is 0 Å². The van der Waals surface area contributed by atoms with Gasteiger partial charge in [-0.15, -0.1) is 0 Å². The molecule has 4 heteroatoms. The summed E-state index contributed by atoms with van der Waals surface area (Å²) in [6.07, 6.45) is 0.928. The zero-order valence-electron chi connectivity index (χ0n) is 8.80. The van der Waals surface area contributed by atoms with E-state index in [1.807, 2.05) is 4.68 Å². The van der Waals surface area contributed by atoms with Crippen molar-refractivity contribution in [2.75, 3.05) is 6.61 Å². The van der Waals surface area contributed by atoms with Gasteiger partial charge in [-0.1, -0.05) is 0 Å². The molecule has 2 heterocycles. The van der Waals surface area contributed by atoms with E-state index in [1.165, 1.54) is 11.3 Å². The Bertz CT molecular complexity index is 352. The van der Waals surface area contributed by atoms with Gasteiger partial charge in [-0.2, -0.15) is 5.10 Å². The molecule has 0 bridgehead atoms. The van der Waals surface area contributed by atoms with Gasteiger partial charge >= 0.3 is 0 Å². The summed E-state index contributed by atoms with van der Waals surface area (Å²) >= 11 is 3.59. The highest BCUT2D eigenvalue weighted by Gasteiger charge is 2.24. The number of hydrogen-bond donors (Lipinski definition) is 0. The lowest BCUT2D eigenvalue weighted by atomic mass is 10.1. The van der Waals surface area contributed by atoms with E-state index in [9.17, 15) is 0 Å². The number of halogens is 1.